The van der Waals surface area contributed by atoms with E-state index in [1.807, 2.05) is 6.26 Å². The van der Waals surface area contributed by atoms with Crippen LogP contribution < -0.4 is 4.74 Å². The quantitative estimate of drug-likeness (QED) is 0.689. The molecule has 1 nitrogen and oxygen atoms in total. The third-order valence-electron chi connectivity index (χ3n) is 1.21. The molecule has 0 aliphatic rings. The van der Waals surface area contributed by atoms with E-state index in [1.165, 1.54) is 30.0 Å². The highest BCUT2D eigenvalue weighted by molar-refractivity contribution is 7.98. The second-order valence-electron chi connectivity index (χ2n) is 2.14. The number of benzene rings is 1. The fraction of sp³-hybridized carbons (Fsp3) is 0.250. The van der Waals surface area contributed by atoms with Crippen molar-refractivity contribution in [1.29, 1.82) is 0 Å². The van der Waals surface area contributed by atoms with Gasteiger partial charge in [-0.3, -0.25) is 0 Å². The number of thioether (sulfide) groups is 1. The van der Waals surface area contributed by atoms with Gasteiger partial charge in [0.05, 0.1) is 0 Å². The Balaban J connectivity index is 2.70. The largest absolute Gasteiger partial charge is 0.573 e. The van der Waals surface area contributed by atoms with Gasteiger partial charge in [0.15, 0.2) is 0 Å². The molecule has 1 radical (unpaired) electrons. The number of hydrogen-bond acceptors (Lipinski definition) is 2. The number of halogens is 3. The van der Waals surface area contributed by atoms with Gasteiger partial charge in [0.2, 0.25) is 0 Å². The van der Waals surface area contributed by atoms with Gasteiger partial charge in [0, 0.05) is 11.0 Å². The molecule has 0 aliphatic carbocycles. The average Bonchev–Trinajstić information content (AvgIpc) is 2.03. The predicted octanol–water partition coefficient (Wildman–Crippen LogP) is 3.11. The van der Waals surface area contributed by atoms with E-state index in [0.29, 0.717) is 0 Å². The van der Waals surface area contributed by atoms with Crippen LogP contribution >= 0.6 is 11.8 Å². The molecule has 0 unspecified atom stereocenters. The van der Waals surface area contributed by atoms with Crippen molar-refractivity contribution < 1.29 is 17.9 Å². The van der Waals surface area contributed by atoms with E-state index in [0.717, 1.165) is 4.90 Å². The molecule has 0 fully saturated rings. The molecule has 0 saturated carbocycles. The molecule has 1 aromatic rings. The van der Waals surface area contributed by atoms with Crippen LogP contribution in [0, 0.1) is 6.07 Å². The highest BCUT2D eigenvalue weighted by Crippen LogP contribution is 2.24. The summed E-state index contributed by atoms with van der Waals surface area (Å²) >= 11 is 1.40. The Morgan fingerprint density at radius 2 is 2.08 bits per heavy atom. The first kappa shape index (κ1) is 10.2. The highest BCUT2D eigenvalue weighted by Gasteiger charge is 2.30. The monoisotopic (exact) mass is 207 g/mol. The molecule has 0 aliphatic heterocycles. The standard InChI is InChI=1S/C8H6F3OS/c1-13-7-4-2-6(3-5-7)12-8(9,10)11/h2-4H,1H3. The summed E-state index contributed by atoms with van der Waals surface area (Å²) in [5.74, 6) is -0.245. The first-order chi connectivity index (χ1) is 6.01. The second-order valence-corrected chi connectivity index (χ2v) is 2.99. The summed E-state index contributed by atoms with van der Waals surface area (Å²) in [6, 6.07) is 6.59. The van der Waals surface area contributed by atoms with E-state index in [4.69, 9.17) is 0 Å². The van der Waals surface area contributed by atoms with E-state index in [2.05, 4.69) is 10.8 Å². The van der Waals surface area contributed by atoms with E-state index in [1.54, 1.807) is 0 Å². The zero-order valence-electron chi connectivity index (χ0n) is 6.68. The van der Waals surface area contributed by atoms with Gasteiger partial charge < -0.3 is 4.74 Å². The molecule has 0 saturated heterocycles. The van der Waals surface area contributed by atoms with Crippen LogP contribution in [0.2, 0.25) is 0 Å². The molecule has 0 aromatic heterocycles. The van der Waals surface area contributed by atoms with Crippen LogP contribution in [0.4, 0.5) is 13.2 Å². The molecule has 0 bridgehead atoms. The van der Waals surface area contributed by atoms with Gasteiger partial charge in [-0.25, -0.2) is 0 Å². The zero-order chi connectivity index (χ0) is 9.90. The predicted molar refractivity (Wildman–Crippen MR) is 43.7 cm³/mol. The molecule has 71 valence electrons. The number of hydrogen-bond donors (Lipinski definition) is 0. The maximum atomic E-state index is 11.7. The van der Waals surface area contributed by atoms with Crippen LogP contribution in [-0.2, 0) is 0 Å². The summed E-state index contributed by atoms with van der Waals surface area (Å²) in [5, 5.41) is 0. The van der Waals surface area contributed by atoms with Crippen LogP contribution in [-0.4, -0.2) is 12.6 Å². The number of ether oxygens (including phenoxy) is 1. The number of rotatable bonds is 2. The van der Waals surface area contributed by atoms with E-state index < -0.39 is 6.36 Å². The van der Waals surface area contributed by atoms with Crippen molar-refractivity contribution in [1.82, 2.24) is 0 Å². The van der Waals surface area contributed by atoms with Crippen molar-refractivity contribution >= 4 is 11.8 Å². The third kappa shape index (κ3) is 3.59. The zero-order valence-corrected chi connectivity index (χ0v) is 7.50. The van der Waals surface area contributed by atoms with Crippen LogP contribution in [0.3, 0.4) is 0 Å². The first-order valence-corrected chi connectivity index (χ1v) is 4.55. The maximum Gasteiger partial charge on any atom is 0.573 e. The fourth-order valence-corrected chi connectivity index (χ4v) is 1.10. The van der Waals surface area contributed by atoms with Crippen molar-refractivity contribution in [3.05, 3.63) is 24.3 Å². The average molecular weight is 207 g/mol. The van der Waals surface area contributed by atoms with Crippen LogP contribution in [0.15, 0.2) is 23.1 Å². The Labute approximate surface area is 77.9 Å². The molecule has 0 heterocycles. The van der Waals surface area contributed by atoms with E-state index in [-0.39, 0.29) is 5.75 Å². The Hall–Kier alpha value is -0.840. The molecule has 0 amide bonds. The van der Waals surface area contributed by atoms with Crippen molar-refractivity contribution in [3.63, 3.8) is 0 Å². The van der Waals surface area contributed by atoms with Gasteiger partial charge in [-0.15, -0.1) is 24.9 Å². The van der Waals surface area contributed by atoms with Crippen molar-refractivity contribution in [2.75, 3.05) is 6.26 Å². The van der Waals surface area contributed by atoms with Crippen LogP contribution in [0.1, 0.15) is 0 Å². The fourth-order valence-electron chi connectivity index (χ4n) is 0.720. The molecule has 13 heavy (non-hydrogen) atoms. The Bertz CT molecular complexity index is 268. The minimum atomic E-state index is -4.63. The lowest BCUT2D eigenvalue weighted by Crippen LogP contribution is -2.16. The number of alkyl halides is 3. The van der Waals surface area contributed by atoms with Crippen molar-refractivity contribution in [3.8, 4) is 5.75 Å². The molecule has 1 aromatic carbocycles. The Kier molecular flexibility index (Phi) is 3.08. The molecular weight excluding hydrogens is 201 g/mol. The topological polar surface area (TPSA) is 9.23 Å². The summed E-state index contributed by atoms with van der Waals surface area (Å²) in [5.41, 5.74) is 0. The van der Waals surface area contributed by atoms with Crippen LogP contribution in [0.5, 0.6) is 5.75 Å². The lowest BCUT2D eigenvalue weighted by Gasteiger charge is -2.08. The summed E-state index contributed by atoms with van der Waals surface area (Å²) < 4.78 is 38.7. The molecule has 1 rings (SSSR count). The lowest BCUT2D eigenvalue weighted by molar-refractivity contribution is -0.274. The second kappa shape index (κ2) is 3.91. The van der Waals surface area contributed by atoms with Gasteiger partial charge >= 0.3 is 6.36 Å². The summed E-state index contributed by atoms with van der Waals surface area (Å²) in [7, 11) is 0. The van der Waals surface area contributed by atoms with Gasteiger partial charge in [-0.05, 0) is 24.5 Å². The van der Waals surface area contributed by atoms with Gasteiger partial charge in [0.1, 0.15) is 5.75 Å². The smallest absolute Gasteiger partial charge is 0.406 e. The molecule has 5 heteroatoms. The minimum absolute atomic E-state index is 0.245. The molecule has 0 atom stereocenters. The molecular formula is C8H6F3OS. The minimum Gasteiger partial charge on any atom is -0.406 e. The van der Waals surface area contributed by atoms with Gasteiger partial charge in [-0.1, -0.05) is 0 Å². The first-order valence-electron chi connectivity index (χ1n) is 3.33. The Morgan fingerprint density at radius 1 is 1.38 bits per heavy atom. The van der Waals surface area contributed by atoms with Gasteiger partial charge in [0.25, 0.3) is 0 Å². The summed E-state index contributed by atoms with van der Waals surface area (Å²) in [4.78, 5) is 0.773. The maximum absolute atomic E-state index is 11.7. The molecule has 0 N–H and O–H groups in total. The van der Waals surface area contributed by atoms with Crippen molar-refractivity contribution in [2.45, 2.75) is 11.3 Å². The van der Waals surface area contributed by atoms with E-state index in [9.17, 15) is 13.2 Å². The summed E-state index contributed by atoms with van der Waals surface area (Å²) in [6.45, 7) is 0. The van der Waals surface area contributed by atoms with E-state index >= 15 is 0 Å². The normalized spacial score (nSPS) is 11.4. The lowest BCUT2D eigenvalue weighted by atomic mass is 10.3. The highest BCUT2D eigenvalue weighted by atomic mass is 32.2. The van der Waals surface area contributed by atoms with Crippen molar-refractivity contribution in [2.24, 2.45) is 0 Å². The molecule has 0 spiro atoms. The SMILES string of the molecule is CSc1[c]cc(OC(F)(F)F)cc1. The summed E-state index contributed by atoms with van der Waals surface area (Å²) in [6.07, 6.45) is -2.81. The third-order valence-corrected chi connectivity index (χ3v) is 1.90. The Morgan fingerprint density at radius 3 is 2.46 bits per heavy atom. The van der Waals surface area contributed by atoms with Gasteiger partial charge in [-0.2, -0.15) is 0 Å². The van der Waals surface area contributed by atoms with Crippen LogP contribution in [0.25, 0.3) is 0 Å².